The maximum absolute atomic E-state index is 10.0. The Morgan fingerprint density at radius 1 is 1.45 bits per heavy atom. The fourth-order valence-corrected chi connectivity index (χ4v) is 3.78. The van der Waals surface area contributed by atoms with Crippen molar-refractivity contribution in [2.75, 3.05) is 26.0 Å². The zero-order valence-electron chi connectivity index (χ0n) is 13.6. The number of aliphatic hydroxyl groups excluding tert-OH is 1. The van der Waals surface area contributed by atoms with Crippen molar-refractivity contribution in [3.63, 3.8) is 0 Å². The summed E-state index contributed by atoms with van der Waals surface area (Å²) in [6, 6.07) is 0.581. The summed E-state index contributed by atoms with van der Waals surface area (Å²) in [6.45, 7) is 10.6. The summed E-state index contributed by atoms with van der Waals surface area (Å²) >= 11 is 1.98. The van der Waals surface area contributed by atoms with Crippen LogP contribution >= 0.6 is 11.8 Å². The van der Waals surface area contributed by atoms with Crippen LogP contribution in [0.15, 0.2) is 0 Å². The Labute approximate surface area is 128 Å². The van der Waals surface area contributed by atoms with Gasteiger partial charge in [-0.1, -0.05) is 20.8 Å². The molecule has 1 heterocycles. The van der Waals surface area contributed by atoms with Gasteiger partial charge in [-0.2, -0.15) is 0 Å². The Morgan fingerprint density at radius 3 is 2.65 bits per heavy atom. The van der Waals surface area contributed by atoms with Crippen molar-refractivity contribution >= 4 is 11.8 Å². The van der Waals surface area contributed by atoms with E-state index in [1.54, 1.807) is 7.11 Å². The molecule has 0 bridgehead atoms. The predicted molar refractivity (Wildman–Crippen MR) is 87.1 cm³/mol. The molecule has 1 rings (SSSR count). The van der Waals surface area contributed by atoms with Gasteiger partial charge in [-0.15, -0.1) is 11.8 Å². The van der Waals surface area contributed by atoms with Crippen molar-refractivity contribution in [1.82, 2.24) is 10.6 Å². The van der Waals surface area contributed by atoms with E-state index in [0.717, 1.165) is 19.5 Å². The van der Waals surface area contributed by atoms with Crippen molar-refractivity contribution < 1.29 is 9.84 Å². The van der Waals surface area contributed by atoms with E-state index in [9.17, 15) is 5.11 Å². The Bertz CT molecular complexity index is 268. The maximum Gasteiger partial charge on any atom is 0.0858 e. The van der Waals surface area contributed by atoms with Crippen molar-refractivity contribution in [3.8, 4) is 0 Å². The van der Waals surface area contributed by atoms with Crippen LogP contribution in [-0.4, -0.2) is 54.7 Å². The molecule has 0 radical (unpaired) electrons. The molecule has 0 saturated carbocycles. The Balaban J connectivity index is 2.28. The van der Waals surface area contributed by atoms with E-state index in [0.29, 0.717) is 23.3 Å². The predicted octanol–water partition coefficient (Wildman–Crippen LogP) is 1.69. The number of ether oxygens (including phenoxy) is 1. The second kappa shape index (κ2) is 9.26. The van der Waals surface area contributed by atoms with Crippen LogP contribution in [0.5, 0.6) is 0 Å². The van der Waals surface area contributed by atoms with E-state index in [1.807, 2.05) is 18.7 Å². The topological polar surface area (TPSA) is 53.5 Å². The summed E-state index contributed by atoms with van der Waals surface area (Å²) < 4.78 is 5.49. The summed E-state index contributed by atoms with van der Waals surface area (Å²) in [5.41, 5.74) is 0. The minimum atomic E-state index is -0.369. The molecular weight excluding hydrogens is 272 g/mol. The van der Waals surface area contributed by atoms with Crippen LogP contribution in [0.2, 0.25) is 0 Å². The SMILES string of the molecule is CCC(O)[C@@H](OC)[C@H](C)C(C)CNCC1CSC(C)N1. The third-order valence-corrected chi connectivity index (χ3v) is 5.59. The van der Waals surface area contributed by atoms with Gasteiger partial charge in [-0.25, -0.2) is 0 Å². The van der Waals surface area contributed by atoms with Crippen LogP contribution in [0.1, 0.15) is 34.1 Å². The van der Waals surface area contributed by atoms with Crippen molar-refractivity contribution in [3.05, 3.63) is 0 Å². The maximum atomic E-state index is 10.0. The molecule has 1 fully saturated rings. The highest BCUT2D eigenvalue weighted by Gasteiger charge is 2.28. The highest BCUT2D eigenvalue weighted by molar-refractivity contribution is 8.00. The van der Waals surface area contributed by atoms with Gasteiger partial charge in [0.1, 0.15) is 0 Å². The highest BCUT2D eigenvalue weighted by atomic mass is 32.2. The molecule has 0 spiro atoms. The molecule has 4 unspecified atom stereocenters. The number of hydrogen-bond acceptors (Lipinski definition) is 5. The van der Waals surface area contributed by atoms with Crippen LogP contribution in [0, 0.1) is 11.8 Å². The Kier molecular flexibility index (Phi) is 8.44. The van der Waals surface area contributed by atoms with E-state index >= 15 is 0 Å². The minimum Gasteiger partial charge on any atom is -0.390 e. The van der Waals surface area contributed by atoms with Crippen LogP contribution in [0.3, 0.4) is 0 Å². The van der Waals surface area contributed by atoms with Gasteiger partial charge in [0.2, 0.25) is 0 Å². The number of nitrogens with one attached hydrogen (secondary N) is 2. The van der Waals surface area contributed by atoms with Crippen molar-refractivity contribution in [1.29, 1.82) is 0 Å². The van der Waals surface area contributed by atoms with Crippen molar-refractivity contribution in [2.24, 2.45) is 11.8 Å². The van der Waals surface area contributed by atoms with Gasteiger partial charge in [0, 0.05) is 25.4 Å². The van der Waals surface area contributed by atoms with Gasteiger partial charge >= 0.3 is 0 Å². The molecule has 0 aromatic heterocycles. The van der Waals surface area contributed by atoms with Crippen LogP contribution < -0.4 is 10.6 Å². The fraction of sp³-hybridized carbons (Fsp3) is 1.00. The molecule has 1 aliphatic rings. The average molecular weight is 304 g/mol. The van der Waals surface area contributed by atoms with E-state index in [-0.39, 0.29) is 12.2 Å². The molecule has 0 aromatic carbocycles. The smallest absolute Gasteiger partial charge is 0.0858 e. The van der Waals surface area contributed by atoms with Crippen LogP contribution in [0.4, 0.5) is 0 Å². The summed E-state index contributed by atoms with van der Waals surface area (Å²) in [5, 5.41) is 17.7. The number of rotatable bonds is 9. The first-order valence-corrected chi connectivity index (χ1v) is 8.83. The molecule has 120 valence electrons. The average Bonchev–Trinajstić information content (AvgIpc) is 2.84. The molecule has 1 aliphatic heterocycles. The molecule has 3 N–H and O–H groups in total. The first-order valence-electron chi connectivity index (χ1n) is 7.78. The van der Waals surface area contributed by atoms with Crippen LogP contribution in [0.25, 0.3) is 0 Å². The van der Waals surface area contributed by atoms with Gasteiger partial charge in [-0.05, 0) is 31.7 Å². The van der Waals surface area contributed by atoms with E-state index in [2.05, 4.69) is 31.4 Å². The molecule has 0 aromatic rings. The number of thioether (sulfide) groups is 1. The second-order valence-electron chi connectivity index (χ2n) is 6.01. The number of hydrogen-bond donors (Lipinski definition) is 3. The first kappa shape index (κ1) is 18.2. The van der Waals surface area contributed by atoms with Crippen LogP contribution in [-0.2, 0) is 4.74 Å². The zero-order valence-corrected chi connectivity index (χ0v) is 14.4. The lowest BCUT2D eigenvalue weighted by atomic mass is 9.87. The van der Waals surface area contributed by atoms with E-state index in [1.165, 1.54) is 5.75 Å². The fourth-order valence-electron chi connectivity index (χ4n) is 2.76. The number of aliphatic hydroxyl groups is 1. The Morgan fingerprint density at radius 2 is 2.15 bits per heavy atom. The third kappa shape index (κ3) is 5.53. The quantitative estimate of drug-likeness (QED) is 0.605. The summed E-state index contributed by atoms with van der Waals surface area (Å²) in [4.78, 5) is 0. The molecule has 0 amide bonds. The molecular formula is C15H32N2O2S. The molecule has 1 saturated heterocycles. The monoisotopic (exact) mass is 304 g/mol. The van der Waals surface area contributed by atoms with Gasteiger partial charge in [0.05, 0.1) is 17.6 Å². The van der Waals surface area contributed by atoms with Gasteiger partial charge in [0.25, 0.3) is 0 Å². The zero-order chi connectivity index (χ0) is 15.1. The number of methoxy groups -OCH3 is 1. The lowest BCUT2D eigenvalue weighted by Crippen LogP contribution is -2.42. The molecule has 4 nitrogen and oxygen atoms in total. The molecule has 0 aliphatic carbocycles. The normalized spacial score (nSPS) is 29.1. The molecule has 6 atom stereocenters. The van der Waals surface area contributed by atoms with Crippen molar-refractivity contribution in [2.45, 2.75) is 57.7 Å². The highest BCUT2D eigenvalue weighted by Crippen LogP contribution is 2.21. The van der Waals surface area contributed by atoms with E-state index in [4.69, 9.17) is 4.74 Å². The van der Waals surface area contributed by atoms with E-state index < -0.39 is 0 Å². The lowest BCUT2D eigenvalue weighted by Gasteiger charge is -2.31. The largest absolute Gasteiger partial charge is 0.390 e. The summed E-state index contributed by atoms with van der Waals surface area (Å²) in [6.07, 6.45) is 0.299. The summed E-state index contributed by atoms with van der Waals surface area (Å²) in [5.74, 6) is 2.01. The van der Waals surface area contributed by atoms with Gasteiger partial charge in [-0.3, -0.25) is 0 Å². The second-order valence-corrected chi connectivity index (χ2v) is 7.38. The summed E-state index contributed by atoms with van der Waals surface area (Å²) in [7, 11) is 1.70. The standard InChI is InChI=1S/C15H32N2O2S/c1-6-14(18)15(19-5)11(3)10(2)7-16-8-13-9-20-12(4)17-13/h10-18H,6-9H2,1-5H3/t10?,11-,12?,13?,14?,15+/m1/s1. The lowest BCUT2D eigenvalue weighted by molar-refractivity contribution is -0.0546. The Hall–Kier alpha value is 0.190. The molecule has 20 heavy (non-hydrogen) atoms. The minimum absolute atomic E-state index is 0.0722. The molecule has 5 heteroatoms. The van der Waals surface area contributed by atoms with Gasteiger partial charge in [0.15, 0.2) is 0 Å². The van der Waals surface area contributed by atoms with Gasteiger partial charge < -0.3 is 20.5 Å². The third-order valence-electron chi connectivity index (χ3n) is 4.36. The first-order chi connectivity index (χ1) is 9.49.